The molecule has 0 amide bonds. The summed E-state index contributed by atoms with van der Waals surface area (Å²) in [5, 5.41) is 22.2. The molecule has 8 rings (SSSR count). The number of benzene rings is 2. The van der Waals surface area contributed by atoms with Gasteiger partial charge >= 0.3 is 0 Å². The molecule has 3 aliphatic carbocycles. The van der Waals surface area contributed by atoms with Crippen LogP contribution in [0.5, 0.6) is 11.5 Å². The minimum absolute atomic E-state index is 0.155. The minimum atomic E-state index is -0.199. The number of nitrogens with two attached hydrogens (primary N) is 1. The molecule has 4 N–H and O–H groups in total. The number of phenols is 1. The zero-order chi connectivity index (χ0) is 25.8. The maximum atomic E-state index is 14.7. The van der Waals surface area contributed by atoms with Crippen LogP contribution in [-0.2, 0) is 0 Å². The van der Waals surface area contributed by atoms with Crippen molar-refractivity contribution >= 4 is 11.5 Å². The molecule has 3 heterocycles. The monoisotopic (exact) mass is 515 g/mol. The molecule has 5 aliphatic rings. The third-order valence-corrected chi connectivity index (χ3v) is 9.43. The second kappa shape index (κ2) is 9.42. The first kappa shape index (κ1) is 23.7. The lowest BCUT2D eigenvalue weighted by atomic mass is 9.59. The number of ether oxygens (including phenoxy) is 1. The van der Waals surface area contributed by atoms with E-state index >= 15 is 0 Å². The first-order valence-corrected chi connectivity index (χ1v) is 13.9. The Kier molecular flexibility index (Phi) is 5.87. The second-order valence-corrected chi connectivity index (χ2v) is 11.5. The molecule has 2 saturated heterocycles. The van der Waals surface area contributed by atoms with Crippen LogP contribution < -0.4 is 20.7 Å². The van der Waals surface area contributed by atoms with E-state index in [0.29, 0.717) is 52.4 Å². The molecule has 5 atom stereocenters. The van der Waals surface area contributed by atoms with Gasteiger partial charge in [0.15, 0.2) is 5.82 Å². The van der Waals surface area contributed by atoms with Gasteiger partial charge in [-0.1, -0.05) is 12.1 Å². The quantitative estimate of drug-likeness (QED) is 0.458. The molecule has 7 nitrogen and oxygen atoms in total. The molecular weight excluding hydrogens is 481 g/mol. The number of hydrogen-bond donors (Lipinski definition) is 3. The molecule has 4 bridgehead atoms. The SMILES string of the molecule is Nc1nnc(-c2ccccc2O)cc1N1CC[C@@H]2C[C@H]3C(c4cc(F)cc(OC5CCNCC5)c4)C2[C@H]3C1. The van der Waals surface area contributed by atoms with Crippen LogP contribution in [0, 0.1) is 29.5 Å². The number of piperidine rings is 1. The van der Waals surface area contributed by atoms with E-state index in [2.05, 4.69) is 26.5 Å². The van der Waals surface area contributed by atoms with Gasteiger partial charge in [-0.25, -0.2) is 4.39 Å². The number of rotatable bonds is 5. The molecule has 5 fully saturated rings. The molecule has 2 unspecified atom stereocenters. The van der Waals surface area contributed by atoms with Gasteiger partial charge in [-0.15, -0.1) is 10.2 Å². The van der Waals surface area contributed by atoms with Crippen molar-refractivity contribution < 1.29 is 14.2 Å². The highest BCUT2D eigenvalue weighted by Crippen LogP contribution is 2.67. The third kappa shape index (κ3) is 4.06. The summed E-state index contributed by atoms with van der Waals surface area (Å²) in [7, 11) is 0. The van der Waals surface area contributed by atoms with Crippen molar-refractivity contribution in [2.24, 2.45) is 23.7 Å². The number of nitrogens with one attached hydrogen (secondary N) is 1. The topological polar surface area (TPSA) is 96.5 Å². The van der Waals surface area contributed by atoms with E-state index in [1.54, 1.807) is 24.3 Å². The Hall–Kier alpha value is -3.39. The van der Waals surface area contributed by atoms with Crippen molar-refractivity contribution in [3.8, 4) is 22.8 Å². The lowest BCUT2D eigenvalue weighted by Gasteiger charge is -2.47. The summed E-state index contributed by atoms with van der Waals surface area (Å²) in [6, 6.07) is 14.5. The van der Waals surface area contributed by atoms with Crippen LogP contribution in [0.3, 0.4) is 0 Å². The zero-order valence-electron chi connectivity index (χ0n) is 21.4. The van der Waals surface area contributed by atoms with E-state index < -0.39 is 0 Å². The lowest BCUT2D eigenvalue weighted by molar-refractivity contribution is 0.107. The Morgan fingerprint density at radius 3 is 2.71 bits per heavy atom. The normalized spacial score (nSPS) is 28.6. The van der Waals surface area contributed by atoms with Gasteiger partial charge in [-0.3, -0.25) is 0 Å². The van der Waals surface area contributed by atoms with Gasteiger partial charge in [-0.2, -0.15) is 0 Å². The lowest BCUT2D eigenvalue weighted by Crippen LogP contribution is -2.44. The molecule has 198 valence electrons. The largest absolute Gasteiger partial charge is 0.507 e. The van der Waals surface area contributed by atoms with Crippen molar-refractivity contribution in [1.29, 1.82) is 0 Å². The van der Waals surface area contributed by atoms with Gasteiger partial charge in [0, 0.05) is 24.7 Å². The van der Waals surface area contributed by atoms with Crippen LogP contribution in [0.4, 0.5) is 15.9 Å². The maximum Gasteiger partial charge on any atom is 0.169 e. The van der Waals surface area contributed by atoms with Gasteiger partial charge in [0.2, 0.25) is 0 Å². The summed E-state index contributed by atoms with van der Waals surface area (Å²) in [5.41, 5.74) is 9.57. The van der Waals surface area contributed by atoms with Crippen molar-refractivity contribution in [3.63, 3.8) is 0 Å². The molecule has 3 aromatic rings. The van der Waals surface area contributed by atoms with E-state index in [1.807, 2.05) is 18.2 Å². The fraction of sp³-hybridized carbons (Fsp3) is 0.467. The van der Waals surface area contributed by atoms with Crippen LogP contribution in [0.2, 0.25) is 0 Å². The fourth-order valence-corrected chi connectivity index (χ4v) is 7.77. The van der Waals surface area contributed by atoms with Crippen LogP contribution >= 0.6 is 0 Å². The first-order chi connectivity index (χ1) is 18.5. The predicted octanol–water partition coefficient (Wildman–Crippen LogP) is 4.58. The van der Waals surface area contributed by atoms with E-state index in [9.17, 15) is 9.50 Å². The smallest absolute Gasteiger partial charge is 0.169 e. The molecule has 3 saturated carbocycles. The number of hydrogen-bond acceptors (Lipinski definition) is 7. The molecular formula is C30H34FN5O2. The van der Waals surface area contributed by atoms with Gasteiger partial charge in [0.1, 0.15) is 23.4 Å². The van der Waals surface area contributed by atoms with Crippen LogP contribution in [0.15, 0.2) is 48.5 Å². The molecule has 0 spiro atoms. The summed E-state index contributed by atoms with van der Waals surface area (Å²) in [6.45, 7) is 3.71. The number of anilines is 2. The number of halogens is 1. The molecule has 38 heavy (non-hydrogen) atoms. The predicted molar refractivity (Wildman–Crippen MR) is 145 cm³/mol. The number of para-hydroxylation sites is 1. The summed E-state index contributed by atoms with van der Waals surface area (Å²) in [4.78, 5) is 2.35. The maximum absolute atomic E-state index is 14.7. The Morgan fingerprint density at radius 2 is 1.87 bits per heavy atom. The first-order valence-electron chi connectivity index (χ1n) is 13.9. The highest BCUT2D eigenvalue weighted by atomic mass is 19.1. The van der Waals surface area contributed by atoms with Gasteiger partial charge in [-0.05, 0) is 104 Å². The number of nitrogens with zero attached hydrogens (tertiary/aromatic N) is 3. The van der Waals surface area contributed by atoms with Crippen LogP contribution in [0.25, 0.3) is 11.3 Å². The molecule has 1 aromatic heterocycles. The Bertz CT molecular complexity index is 1350. The summed E-state index contributed by atoms with van der Waals surface area (Å²) in [5.74, 6) is 3.72. The second-order valence-electron chi connectivity index (χ2n) is 11.5. The number of phenolic OH excluding ortho intramolecular Hbond substituents is 1. The molecule has 2 aliphatic heterocycles. The number of aromatic hydroxyl groups is 1. The molecule has 0 radical (unpaired) electrons. The number of aromatic nitrogens is 2. The minimum Gasteiger partial charge on any atom is -0.507 e. The van der Waals surface area contributed by atoms with E-state index in [1.165, 1.54) is 6.42 Å². The highest BCUT2D eigenvalue weighted by molar-refractivity contribution is 5.74. The average Bonchev–Trinajstić information content (AvgIpc) is 3.41. The van der Waals surface area contributed by atoms with Crippen molar-refractivity contribution in [2.45, 2.75) is 37.7 Å². The van der Waals surface area contributed by atoms with E-state index in [-0.39, 0.29) is 17.7 Å². The van der Waals surface area contributed by atoms with Crippen LogP contribution in [0.1, 0.15) is 37.2 Å². The van der Waals surface area contributed by atoms with E-state index in [0.717, 1.165) is 56.7 Å². The van der Waals surface area contributed by atoms with E-state index in [4.69, 9.17) is 10.5 Å². The Morgan fingerprint density at radius 1 is 1.03 bits per heavy atom. The Labute approximate surface area is 222 Å². The van der Waals surface area contributed by atoms with Gasteiger partial charge < -0.3 is 25.8 Å². The van der Waals surface area contributed by atoms with Crippen molar-refractivity contribution in [2.75, 3.05) is 36.8 Å². The van der Waals surface area contributed by atoms with Crippen molar-refractivity contribution in [3.05, 3.63) is 59.9 Å². The van der Waals surface area contributed by atoms with Crippen molar-refractivity contribution in [1.82, 2.24) is 15.5 Å². The molecule has 8 heteroatoms. The van der Waals surface area contributed by atoms with Gasteiger partial charge in [0.25, 0.3) is 0 Å². The average molecular weight is 516 g/mol. The van der Waals surface area contributed by atoms with Crippen LogP contribution in [-0.4, -0.2) is 47.6 Å². The summed E-state index contributed by atoms with van der Waals surface area (Å²) >= 11 is 0. The fourth-order valence-electron chi connectivity index (χ4n) is 7.77. The molecule has 2 aromatic carbocycles. The standard InChI is InChI=1S/C30H34FN5O2/c31-19-11-18(12-21(14-19)38-20-5-8-33-9-6-20)29-23-13-17-7-10-36(16-24(23)28(17)29)26-15-25(34-35-30(26)32)22-3-1-2-4-27(22)37/h1-4,11-12,14-15,17,20,23-24,28-29,33,37H,5-10,13,16H2,(H2,32,35)/t17-,23-,24+,28?,29?/m1/s1. The number of nitrogen functional groups attached to an aromatic ring is 1. The zero-order valence-corrected chi connectivity index (χ0v) is 21.4. The highest BCUT2D eigenvalue weighted by Gasteiger charge is 2.61. The summed E-state index contributed by atoms with van der Waals surface area (Å²) < 4.78 is 21.0. The summed E-state index contributed by atoms with van der Waals surface area (Å²) in [6.07, 6.45) is 4.36. The third-order valence-electron chi connectivity index (χ3n) is 9.43. The Balaban J connectivity index is 1.11. The van der Waals surface area contributed by atoms with Gasteiger partial charge in [0.05, 0.1) is 11.4 Å².